The van der Waals surface area contributed by atoms with E-state index in [-0.39, 0.29) is 0 Å². The first kappa shape index (κ1) is 19.9. The Hall–Kier alpha value is -3.84. The number of anilines is 4. The highest BCUT2D eigenvalue weighted by molar-refractivity contribution is 5.86. The molecule has 3 N–H and O–H groups in total. The van der Waals surface area contributed by atoms with Gasteiger partial charge in [-0.05, 0) is 24.6 Å². The Balaban J connectivity index is 1.94. The Kier molecular flexibility index (Phi) is 6.11. The van der Waals surface area contributed by atoms with Crippen LogP contribution in [0.3, 0.4) is 0 Å². The summed E-state index contributed by atoms with van der Waals surface area (Å²) < 4.78 is 11.2. The summed E-state index contributed by atoms with van der Waals surface area (Å²) in [5.41, 5.74) is 3.77. The molecule has 0 radical (unpaired) electrons. The molecule has 150 valence electrons. The molecule has 29 heavy (non-hydrogen) atoms. The average molecular weight is 395 g/mol. The van der Waals surface area contributed by atoms with Crippen LogP contribution in [0.4, 0.5) is 27.7 Å². The number of hydrogen-bond acceptors (Lipinski definition) is 8. The minimum atomic E-state index is -0.550. The molecule has 0 aliphatic heterocycles. The zero-order valence-corrected chi connectivity index (χ0v) is 16.3. The molecule has 0 bridgehead atoms. The lowest BCUT2D eigenvalue weighted by molar-refractivity contribution is 0.187. The van der Waals surface area contributed by atoms with E-state index in [0.29, 0.717) is 47.4 Å². The smallest absolute Gasteiger partial charge is 0.411 e. The molecule has 1 aromatic carbocycles. The van der Waals surface area contributed by atoms with Crippen LogP contribution in [-0.2, 0) is 9.47 Å². The Morgan fingerprint density at radius 1 is 1.28 bits per heavy atom. The lowest BCUT2D eigenvalue weighted by Gasteiger charge is -2.13. The van der Waals surface area contributed by atoms with Crippen molar-refractivity contribution in [2.45, 2.75) is 6.92 Å². The van der Waals surface area contributed by atoms with Gasteiger partial charge in [0.05, 0.1) is 25.6 Å². The fraction of sp³-hybridized carbons (Fsp3) is 0.263. The van der Waals surface area contributed by atoms with Crippen LogP contribution in [0.25, 0.3) is 5.65 Å². The number of imidazole rings is 1. The molecule has 10 nitrogen and oxygen atoms in total. The Morgan fingerprint density at radius 3 is 2.83 bits per heavy atom. The fourth-order valence-electron chi connectivity index (χ4n) is 2.67. The molecule has 10 heteroatoms. The maximum Gasteiger partial charge on any atom is 0.411 e. The topological polar surface area (TPSA) is 126 Å². The Morgan fingerprint density at radius 2 is 2.10 bits per heavy atom. The minimum Gasteiger partial charge on any atom is -0.453 e. The van der Waals surface area contributed by atoms with Crippen LogP contribution < -0.4 is 16.0 Å². The third-order valence-corrected chi connectivity index (χ3v) is 4.14. The van der Waals surface area contributed by atoms with Crippen molar-refractivity contribution in [2.75, 3.05) is 43.3 Å². The third kappa shape index (κ3) is 4.53. The van der Waals surface area contributed by atoms with Gasteiger partial charge in [0.1, 0.15) is 6.07 Å². The number of fused-ring (bicyclic) bond motifs is 1. The second-order valence-corrected chi connectivity index (χ2v) is 6.12. The van der Waals surface area contributed by atoms with Gasteiger partial charge in [-0.15, -0.1) is 5.10 Å². The van der Waals surface area contributed by atoms with Crippen molar-refractivity contribution in [3.8, 4) is 6.07 Å². The second kappa shape index (κ2) is 8.90. The van der Waals surface area contributed by atoms with Crippen molar-refractivity contribution < 1.29 is 14.3 Å². The SMILES string of the molecule is COCCNc1cc(Nc2ccc(C)c(NC(=O)OC)c2)nn2c(C#N)cnc12. The van der Waals surface area contributed by atoms with Crippen molar-refractivity contribution in [1.29, 1.82) is 5.26 Å². The molecule has 0 atom stereocenters. The van der Waals surface area contributed by atoms with Crippen LogP contribution in [0.15, 0.2) is 30.5 Å². The maximum absolute atomic E-state index is 11.5. The highest BCUT2D eigenvalue weighted by atomic mass is 16.5. The van der Waals surface area contributed by atoms with Gasteiger partial charge in [-0.1, -0.05) is 6.07 Å². The number of nitrogens with zero attached hydrogens (tertiary/aromatic N) is 4. The summed E-state index contributed by atoms with van der Waals surface area (Å²) in [5.74, 6) is 0.500. The molecular formula is C19H21N7O3. The number of aryl methyl sites for hydroxylation is 1. The highest BCUT2D eigenvalue weighted by Crippen LogP contribution is 2.26. The molecule has 0 fully saturated rings. The van der Waals surface area contributed by atoms with E-state index in [0.717, 1.165) is 5.56 Å². The number of benzene rings is 1. The van der Waals surface area contributed by atoms with Crippen LogP contribution >= 0.6 is 0 Å². The molecule has 0 aliphatic carbocycles. The zero-order chi connectivity index (χ0) is 20.8. The maximum atomic E-state index is 11.5. The molecular weight excluding hydrogens is 374 g/mol. The van der Waals surface area contributed by atoms with Crippen molar-refractivity contribution in [3.63, 3.8) is 0 Å². The molecule has 0 unspecified atom stereocenters. The second-order valence-electron chi connectivity index (χ2n) is 6.12. The summed E-state index contributed by atoms with van der Waals surface area (Å²) in [6, 6.07) is 9.37. The number of carbonyl (C=O) groups is 1. The number of ether oxygens (including phenoxy) is 2. The van der Waals surface area contributed by atoms with Gasteiger partial charge in [-0.3, -0.25) is 5.32 Å². The van der Waals surface area contributed by atoms with Gasteiger partial charge in [0.15, 0.2) is 17.2 Å². The minimum absolute atomic E-state index is 0.315. The zero-order valence-electron chi connectivity index (χ0n) is 16.3. The van der Waals surface area contributed by atoms with Crippen molar-refractivity contribution >= 4 is 34.6 Å². The molecule has 0 saturated carbocycles. The van der Waals surface area contributed by atoms with Gasteiger partial charge in [-0.2, -0.15) is 9.78 Å². The lowest BCUT2D eigenvalue weighted by atomic mass is 10.2. The monoisotopic (exact) mass is 395 g/mol. The normalized spacial score (nSPS) is 10.4. The number of methoxy groups -OCH3 is 2. The van der Waals surface area contributed by atoms with Crippen molar-refractivity contribution in [3.05, 3.63) is 41.7 Å². The van der Waals surface area contributed by atoms with Gasteiger partial charge in [0.2, 0.25) is 0 Å². The molecule has 0 spiro atoms. The summed E-state index contributed by atoms with van der Waals surface area (Å²) >= 11 is 0. The standard InChI is InChI=1S/C19H21N7O3/c1-12-4-5-13(8-15(12)24-19(27)29-3)23-17-9-16(21-6-7-28-2)18-22-11-14(10-20)26(18)25-17/h4-5,8-9,11,21H,6-7H2,1-3H3,(H,23,25)(H,24,27). The number of carbonyl (C=O) groups excluding carboxylic acids is 1. The van der Waals surface area contributed by atoms with E-state index in [1.165, 1.54) is 17.8 Å². The van der Waals surface area contributed by atoms with Crippen LogP contribution in [0.2, 0.25) is 0 Å². The summed E-state index contributed by atoms with van der Waals surface area (Å²) in [7, 11) is 2.93. The fourth-order valence-corrected chi connectivity index (χ4v) is 2.67. The molecule has 0 saturated heterocycles. The van der Waals surface area contributed by atoms with E-state index >= 15 is 0 Å². The number of aromatic nitrogens is 3. The van der Waals surface area contributed by atoms with Gasteiger partial charge >= 0.3 is 6.09 Å². The first-order valence-corrected chi connectivity index (χ1v) is 8.80. The molecule has 2 aromatic heterocycles. The predicted octanol–water partition coefficient (Wildman–Crippen LogP) is 2.89. The van der Waals surface area contributed by atoms with Crippen LogP contribution in [-0.4, -0.2) is 48.1 Å². The quantitative estimate of drug-likeness (QED) is 0.522. The number of hydrogen-bond donors (Lipinski definition) is 3. The average Bonchev–Trinajstić information content (AvgIpc) is 3.13. The van der Waals surface area contributed by atoms with E-state index in [1.54, 1.807) is 19.2 Å². The Bertz CT molecular complexity index is 1070. The largest absolute Gasteiger partial charge is 0.453 e. The molecule has 3 rings (SSSR count). The molecule has 1 amide bonds. The number of nitriles is 1. The third-order valence-electron chi connectivity index (χ3n) is 4.14. The number of amides is 1. The van der Waals surface area contributed by atoms with E-state index in [9.17, 15) is 10.1 Å². The van der Waals surface area contributed by atoms with E-state index in [4.69, 9.17) is 4.74 Å². The number of rotatable bonds is 7. The summed E-state index contributed by atoms with van der Waals surface area (Å²) in [6.07, 6.45) is 0.921. The predicted molar refractivity (Wildman–Crippen MR) is 109 cm³/mol. The van der Waals surface area contributed by atoms with E-state index in [1.807, 2.05) is 19.1 Å². The van der Waals surface area contributed by atoms with Gasteiger partial charge in [0.25, 0.3) is 0 Å². The molecule has 2 heterocycles. The van der Waals surface area contributed by atoms with E-state index in [2.05, 4.69) is 36.8 Å². The van der Waals surface area contributed by atoms with Crippen molar-refractivity contribution in [1.82, 2.24) is 14.6 Å². The molecule has 3 aromatic rings. The number of nitrogens with one attached hydrogen (secondary N) is 3. The Labute approximate surface area is 167 Å². The van der Waals surface area contributed by atoms with E-state index < -0.39 is 6.09 Å². The lowest BCUT2D eigenvalue weighted by Crippen LogP contribution is -2.12. The van der Waals surface area contributed by atoms with Gasteiger partial charge in [-0.25, -0.2) is 9.78 Å². The van der Waals surface area contributed by atoms with Crippen LogP contribution in [0.1, 0.15) is 11.3 Å². The summed E-state index contributed by atoms with van der Waals surface area (Å²) in [6.45, 7) is 2.97. The highest BCUT2D eigenvalue weighted by Gasteiger charge is 2.12. The van der Waals surface area contributed by atoms with Gasteiger partial charge < -0.3 is 20.1 Å². The molecule has 0 aliphatic rings. The van der Waals surface area contributed by atoms with Crippen LogP contribution in [0, 0.1) is 18.3 Å². The summed E-state index contributed by atoms with van der Waals surface area (Å²) in [5, 5.41) is 22.9. The van der Waals surface area contributed by atoms with Crippen molar-refractivity contribution in [2.24, 2.45) is 0 Å². The van der Waals surface area contributed by atoms with Crippen LogP contribution in [0.5, 0.6) is 0 Å². The first-order chi connectivity index (χ1) is 14.0. The van der Waals surface area contributed by atoms with Gasteiger partial charge in [0, 0.05) is 31.1 Å². The first-order valence-electron chi connectivity index (χ1n) is 8.80. The summed E-state index contributed by atoms with van der Waals surface area (Å²) in [4.78, 5) is 15.8.